The molecular weight excluding hydrogens is 402 g/mol. The van der Waals surface area contributed by atoms with Crippen molar-refractivity contribution in [1.29, 1.82) is 0 Å². The fourth-order valence-electron chi connectivity index (χ4n) is 4.52. The molecular formula is C26H39N3OS. The van der Waals surface area contributed by atoms with Gasteiger partial charge in [-0.2, -0.15) is 0 Å². The molecule has 3 rings (SSSR count). The zero-order valence-corrected chi connectivity index (χ0v) is 20.6. The number of carbonyl (C=O) groups is 1. The lowest BCUT2D eigenvalue weighted by atomic mass is 9.97. The number of aromatic nitrogens is 2. The minimum atomic E-state index is 0.0521. The Kier molecular flexibility index (Phi) is 8.94. The molecule has 170 valence electrons. The van der Waals surface area contributed by atoms with Crippen molar-refractivity contribution in [2.75, 3.05) is 6.54 Å². The number of hydrogen-bond acceptors (Lipinski definition) is 3. The summed E-state index contributed by atoms with van der Waals surface area (Å²) in [6, 6.07) is 2.06. The van der Waals surface area contributed by atoms with Gasteiger partial charge in [-0.05, 0) is 64.4 Å². The van der Waals surface area contributed by atoms with E-state index in [0.717, 1.165) is 53.6 Å². The van der Waals surface area contributed by atoms with Crippen molar-refractivity contribution in [2.24, 2.45) is 5.92 Å². The summed E-state index contributed by atoms with van der Waals surface area (Å²) in [5, 5.41) is 6.39. The van der Waals surface area contributed by atoms with Crippen molar-refractivity contribution >= 4 is 17.2 Å². The summed E-state index contributed by atoms with van der Waals surface area (Å²) in [5.41, 5.74) is 5.46. The highest BCUT2D eigenvalue weighted by Crippen LogP contribution is 2.29. The Bertz CT molecular complexity index is 893. The summed E-state index contributed by atoms with van der Waals surface area (Å²) in [7, 11) is 0. The molecule has 5 heteroatoms. The number of nitrogens with zero attached hydrogens (tertiary/aromatic N) is 2. The molecule has 1 aliphatic rings. The fourth-order valence-corrected chi connectivity index (χ4v) is 5.13. The van der Waals surface area contributed by atoms with Crippen LogP contribution in [-0.2, 0) is 6.54 Å². The van der Waals surface area contributed by atoms with Gasteiger partial charge in [-0.15, -0.1) is 11.3 Å². The van der Waals surface area contributed by atoms with Gasteiger partial charge in [-0.1, -0.05) is 44.8 Å². The molecule has 0 saturated carbocycles. The number of allylic oxidation sites excluding steroid dienone is 2. The maximum atomic E-state index is 13.1. The van der Waals surface area contributed by atoms with E-state index in [1.54, 1.807) is 16.9 Å². The lowest BCUT2D eigenvalue weighted by Gasteiger charge is -2.16. The second kappa shape index (κ2) is 11.7. The van der Waals surface area contributed by atoms with Gasteiger partial charge in [0.15, 0.2) is 0 Å². The molecule has 0 radical (unpaired) electrons. The SMILES string of the molecule is CCCCC(CC)CNC(=O)c1cc(-c2csc(C)n2)n(CCC2=CCCCC2)c1C. The first-order chi connectivity index (χ1) is 15.0. The first-order valence-corrected chi connectivity index (χ1v) is 13.0. The molecule has 31 heavy (non-hydrogen) atoms. The molecule has 0 fully saturated rings. The van der Waals surface area contributed by atoms with Crippen LogP contribution in [0, 0.1) is 19.8 Å². The van der Waals surface area contributed by atoms with Gasteiger partial charge in [0.2, 0.25) is 0 Å². The number of amides is 1. The number of rotatable bonds is 11. The van der Waals surface area contributed by atoms with Crippen molar-refractivity contribution in [3.63, 3.8) is 0 Å². The van der Waals surface area contributed by atoms with Crippen LogP contribution in [0.3, 0.4) is 0 Å². The summed E-state index contributed by atoms with van der Waals surface area (Å²) < 4.78 is 2.31. The highest BCUT2D eigenvalue weighted by molar-refractivity contribution is 7.09. The molecule has 1 atom stereocenters. The van der Waals surface area contributed by atoms with Gasteiger partial charge in [0.25, 0.3) is 5.91 Å². The quantitative estimate of drug-likeness (QED) is 0.379. The number of carbonyl (C=O) groups excluding carboxylic acids is 1. The first kappa shape index (κ1) is 23.8. The van der Waals surface area contributed by atoms with Crippen molar-refractivity contribution in [3.8, 4) is 11.4 Å². The van der Waals surface area contributed by atoms with E-state index >= 15 is 0 Å². The third kappa shape index (κ3) is 6.31. The Morgan fingerprint density at radius 2 is 2.13 bits per heavy atom. The molecule has 1 aliphatic carbocycles. The van der Waals surface area contributed by atoms with Crippen LogP contribution >= 0.6 is 11.3 Å². The highest BCUT2D eigenvalue weighted by Gasteiger charge is 2.21. The minimum absolute atomic E-state index is 0.0521. The van der Waals surface area contributed by atoms with Gasteiger partial charge in [0, 0.05) is 24.2 Å². The second-order valence-corrected chi connectivity index (χ2v) is 9.98. The van der Waals surface area contributed by atoms with Crippen LogP contribution in [0.15, 0.2) is 23.1 Å². The Hall–Kier alpha value is -1.88. The van der Waals surface area contributed by atoms with Crippen LogP contribution < -0.4 is 5.32 Å². The summed E-state index contributed by atoms with van der Waals surface area (Å²) in [5.74, 6) is 0.612. The standard InChI is InChI=1S/C26H39N3OS/c1-5-7-11-21(6-2)17-27-26(30)23-16-25(24-18-31-20(4)28-24)29(19(23)3)15-14-22-12-9-8-10-13-22/h12,16,18,21H,5-11,13-15,17H2,1-4H3,(H,27,30). The van der Waals surface area contributed by atoms with E-state index in [2.05, 4.69) is 48.2 Å². The van der Waals surface area contributed by atoms with E-state index in [1.807, 2.05) is 6.92 Å². The molecule has 1 N–H and O–H groups in total. The van der Waals surface area contributed by atoms with Crippen LogP contribution in [0.2, 0.25) is 0 Å². The van der Waals surface area contributed by atoms with Gasteiger partial charge in [0.05, 0.1) is 22.0 Å². The maximum absolute atomic E-state index is 13.1. The van der Waals surface area contributed by atoms with E-state index in [-0.39, 0.29) is 5.91 Å². The molecule has 2 heterocycles. The number of unbranched alkanes of at least 4 members (excludes halogenated alkanes) is 1. The lowest BCUT2D eigenvalue weighted by Crippen LogP contribution is -2.29. The number of hydrogen-bond donors (Lipinski definition) is 1. The van der Waals surface area contributed by atoms with Crippen molar-refractivity contribution in [3.05, 3.63) is 39.4 Å². The average molecular weight is 442 g/mol. The van der Waals surface area contributed by atoms with E-state index < -0.39 is 0 Å². The van der Waals surface area contributed by atoms with Crippen LogP contribution in [0.5, 0.6) is 0 Å². The number of thiazole rings is 1. The monoisotopic (exact) mass is 441 g/mol. The average Bonchev–Trinajstić information content (AvgIpc) is 3.36. The molecule has 1 unspecified atom stereocenters. The predicted octanol–water partition coefficient (Wildman–Crippen LogP) is 7.07. The molecule has 2 aromatic rings. The fraction of sp³-hybridized carbons (Fsp3) is 0.615. The summed E-state index contributed by atoms with van der Waals surface area (Å²) in [6.45, 7) is 10.2. The van der Waals surface area contributed by atoms with Crippen LogP contribution in [-0.4, -0.2) is 22.0 Å². The van der Waals surface area contributed by atoms with E-state index in [1.165, 1.54) is 44.9 Å². The lowest BCUT2D eigenvalue weighted by molar-refractivity contribution is 0.0945. The highest BCUT2D eigenvalue weighted by atomic mass is 32.1. The van der Waals surface area contributed by atoms with Crippen molar-refractivity contribution in [2.45, 2.75) is 92.0 Å². The van der Waals surface area contributed by atoms with Gasteiger partial charge in [0.1, 0.15) is 0 Å². The zero-order valence-electron chi connectivity index (χ0n) is 19.8. The molecule has 0 saturated heterocycles. The second-order valence-electron chi connectivity index (χ2n) is 8.92. The first-order valence-electron chi connectivity index (χ1n) is 12.1. The summed E-state index contributed by atoms with van der Waals surface area (Å²) >= 11 is 1.67. The topological polar surface area (TPSA) is 46.9 Å². The van der Waals surface area contributed by atoms with Crippen LogP contribution in [0.25, 0.3) is 11.4 Å². The van der Waals surface area contributed by atoms with Gasteiger partial charge in [-0.25, -0.2) is 4.98 Å². The van der Waals surface area contributed by atoms with Gasteiger partial charge in [-0.3, -0.25) is 4.79 Å². The summed E-state index contributed by atoms with van der Waals surface area (Å²) in [6.07, 6.45) is 13.3. The Morgan fingerprint density at radius 3 is 2.77 bits per heavy atom. The molecule has 2 aromatic heterocycles. The minimum Gasteiger partial charge on any atom is -0.352 e. The molecule has 0 spiro atoms. The Labute approximate surface area is 192 Å². The van der Waals surface area contributed by atoms with Crippen molar-refractivity contribution in [1.82, 2.24) is 14.9 Å². The number of nitrogens with one attached hydrogen (secondary N) is 1. The van der Waals surface area contributed by atoms with Crippen LogP contribution in [0.1, 0.15) is 92.7 Å². The van der Waals surface area contributed by atoms with Crippen LogP contribution in [0.4, 0.5) is 0 Å². The predicted molar refractivity (Wildman–Crippen MR) is 132 cm³/mol. The van der Waals surface area contributed by atoms with Gasteiger partial charge >= 0.3 is 0 Å². The molecule has 0 aliphatic heterocycles. The smallest absolute Gasteiger partial charge is 0.253 e. The molecule has 0 bridgehead atoms. The number of aryl methyl sites for hydroxylation is 1. The largest absolute Gasteiger partial charge is 0.352 e. The van der Waals surface area contributed by atoms with E-state index in [9.17, 15) is 4.79 Å². The van der Waals surface area contributed by atoms with E-state index in [0.29, 0.717) is 5.92 Å². The van der Waals surface area contributed by atoms with E-state index in [4.69, 9.17) is 4.98 Å². The zero-order chi connectivity index (χ0) is 22.2. The maximum Gasteiger partial charge on any atom is 0.253 e. The third-order valence-electron chi connectivity index (χ3n) is 6.63. The molecule has 1 amide bonds. The third-order valence-corrected chi connectivity index (χ3v) is 7.40. The Morgan fingerprint density at radius 1 is 1.29 bits per heavy atom. The van der Waals surface area contributed by atoms with Gasteiger partial charge < -0.3 is 9.88 Å². The molecule has 0 aromatic carbocycles. The van der Waals surface area contributed by atoms with Crippen molar-refractivity contribution < 1.29 is 4.79 Å². The Balaban J connectivity index is 1.79. The molecule has 4 nitrogen and oxygen atoms in total. The normalized spacial score (nSPS) is 15.0. The summed E-state index contributed by atoms with van der Waals surface area (Å²) in [4.78, 5) is 17.8.